The number of methoxy groups -OCH3 is 1. The average Bonchev–Trinajstić information content (AvgIpc) is 2.62. The van der Waals surface area contributed by atoms with Gasteiger partial charge in [-0.05, 0) is 18.8 Å². The highest BCUT2D eigenvalue weighted by atomic mass is 19.1. The van der Waals surface area contributed by atoms with Gasteiger partial charge in [0.2, 0.25) is 0 Å². The molecule has 0 aromatic heterocycles. The molecule has 1 saturated carbocycles. The number of allylic oxidation sites excluding steroid dienone is 2. The molecule has 72 valence electrons. The summed E-state index contributed by atoms with van der Waals surface area (Å²) in [6.45, 7) is 0. The van der Waals surface area contributed by atoms with E-state index in [1.54, 1.807) is 0 Å². The molecule has 0 amide bonds. The normalized spacial score (nSPS) is 41.1. The van der Waals surface area contributed by atoms with E-state index in [2.05, 4.69) is 10.8 Å². The van der Waals surface area contributed by atoms with Crippen molar-refractivity contribution in [2.45, 2.75) is 24.9 Å². The van der Waals surface area contributed by atoms with E-state index in [9.17, 15) is 9.18 Å². The summed E-state index contributed by atoms with van der Waals surface area (Å²) in [4.78, 5) is 11.0. The van der Waals surface area contributed by atoms with Crippen LogP contribution in [0.5, 0.6) is 0 Å². The molecule has 2 nitrogen and oxygen atoms in total. The van der Waals surface area contributed by atoms with E-state index in [0.717, 1.165) is 6.42 Å². The first-order valence-electron chi connectivity index (χ1n) is 4.58. The van der Waals surface area contributed by atoms with Crippen molar-refractivity contribution in [2.75, 3.05) is 7.11 Å². The van der Waals surface area contributed by atoms with Crippen LogP contribution in [0.15, 0.2) is 12.2 Å². The predicted molar refractivity (Wildman–Crippen MR) is 45.8 cm³/mol. The highest BCUT2D eigenvalue weighted by molar-refractivity contribution is 5.70. The third-order valence-electron chi connectivity index (χ3n) is 3.10. The molecular weight excluding hydrogens is 171 g/mol. The minimum atomic E-state index is -1.33. The van der Waals surface area contributed by atoms with Crippen molar-refractivity contribution in [3.8, 4) is 0 Å². The van der Waals surface area contributed by atoms with Gasteiger partial charge in [0.15, 0.2) is 0 Å². The van der Waals surface area contributed by atoms with Crippen LogP contribution < -0.4 is 0 Å². The lowest BCUT2D eigenvalue weighted by molar-refractivity contribution is -0.144. The minimum Gasteiger partial charge on any atom is -0.469 e. The maximum absolute atomic E-state index is 14.1. The van der Waals surface area contributed by atoms with E-state index >= 15 is 0 Å². The molecule has 0 N–H and O–H groups in total. The van der Waals surface area contributed by atoms with Crippen LogP contribution in [0.25, 0.3) is 0 Å². The van der Waals surface area contributed by atoms with Gasteiger partial charge >= 0.3 is 5.97 Å². The smallest absolute Gasteiger partial charge is 0.308 e. The Hall–Kier alpha value is -0.860. The molecule has 3 unspecified atom stereocenters. The fraction of sp³-hybridized carbons (Fsp3) is 0.700. The zero-order chi connectivity index (χ0) is 9.47. The zero-order valence-corrected chi connectivity index (χ0v) is 7.63. The van der Waals surface area contributed by atoms with Gasteiger partial charge in [0, 0.05) is 5.92 Å². The van der Waals surface area contributed by atoms with Crippen molar-refractivity contribution in [2.24, 2.45) is 11.8 Å². The van der Waals surface area contributed by atoms with Gasteiger partial charge in [-0.25, -0.2) is 4.39 Å². The third-order valence-corrected chi connectivity index (χ3v) is 3.10. The highest BCUT2D eigenvalue weighted by Crippen LogP contribution is 2.50. The summed E-state index contributed by atoms with van der Waals surface area (Å²) in [6.07, 6.45) is 5.22. The molecule has 3 atom stereocenters. The fourth-order valence-electron chi connectivity index (χ4n) is 2.41. The molecule has 2 rings (SSSR count). The molecule has 0 radical (unpaired) electrons. The average molecular weight is 184 g/mol. The Morgan fingerprint density at radius 2 is 2.46 bits per heavy atom. The van der Waals surface area contributed by atoms with Crippen LogP contribution in [-0.2, 0) is 9.53 Å². The summed E-state index contributed by atoms with van der Waals surface area (Å²) < 4.78 is 18.6. The maximum atomic E-state index is 14.1. The fourth-order valence-corrected chi connectivity index (χ4v) is 2.41. The molecule has 2 bridgehead atoms. The number of rotatable bonds is 2. The van der Waals surface area contributed by atoms with Crippen LogP contribution in [0.1, 0.15) is 19.3 Å². The summed E-state index contributed by atoms with van der Waals surface area (Å²) in [5.41, 5.74) is -1.33. The number of hydrogen-bond acceptors (Lipinski definition) is 2. The first kappa shape index (κ1) is 8.73. The quantitative estimate of drug-likeness (QED) is 0.483. The van der Waals surface area contributed by atoms with Gasteiger partial charge in [0.25, 0.3) is 0 Å². The van der Waals surface area contributed by atoms with Gasteiger partial charge in [0.1, 0.15) is 5.67 Å². The van der Waals surface area contributed by atoms with Gasteiger partial charge < -0.3 is 4.74 Å². The largest absolute Gasteiger partial charge is 0.469 e. The van der Waals surface area contributed by atoms with Crippen molar-refractivity contribution in [1.82, 2.24) is 0 Å². The Bertz CT molecular complexity index is 262. The zero-order valence-electron chi connectivity index (χ0n) is 7.63. The van der Waals surface area contributed by atoms with E-state index in [1.165, 1.54) is 7.11 Å². The number of alkyl halides is 1. The summed E-state index contributed by atoms with van der Waals surface area (Å²) in [5.74, 6) is -0.153. The van der Waals surface area contributed by atoms with Crippen molar-refractivity contribution >= 4 is 5.97 Å². The summed E-state index contributed by atoms with van der Waals surface area (Å²) in [5, 5.41) is 0. The van der Waals surface area contributed by atoms with Gasteiger partial charge in [-0.3, -0.25) is 4.79 Å². The molecule has 0 saturated heterocycles. The highest BCUT2D eigenvalue weighted by Gasteiger charge is 2.50. The number of halogens is 1. The Morgan fingerprint density at radius 1 is 1.69 bits per heavy atom. The molecule has 0 heterocycles. The Balaban J connectivity index is 2.06. The molecule has 13 heavy (non-hydrogen) atoms. The second-order valence-corrected chi connectivity index (χ2v) is 3.98. The van der Waals surface area contributed by atoms with E-state index in [1.807, 2.05) is 6.08 Å². The van der Waals surface area contributed by atoms with Crippen LogP contribution >= 0.6 is 0 Å². The van der Waals surface area contributed by atoms with E-state index < -0.39 is 11.6 Å². The summed E-state index contributed by atoms with van der Waals surface area (Å²) in [7, 11) is 1.30. The molecule has 3 heteroatoms. The number of ether oxygens (including phenoxy) is 1. The number of esters is 1. The molecule has 0 aromatic carbocycles. The maximum Gasteiger partial charge on any atom is 0.308 e. The van der Waals surface area contributed by atoms with Gasteiger partial charge in [-0.15, -0.1) is 0 Å². The van der Waals surface area contributed by atoms with Crippen molar-refractivity contribution < 1.29 is 13.9 Å². The molecule has 1 fully saturated rings. The third kappa shape index (κ3) is 1.36. The van der Waals surface area contributed by atoms with Crippen LogP contribution in [-0.4, -0.2) is 18.7 Å². The Kier molecular flexibility index (Phi) is 1.90. The number of fused-ring (bicyclic) bond motifs is 2. The molecular formula is C10H13FO2. The van der Waals surface area contributed by atoms with Crippen LogP contribution in [0, 0.1) is 11.8 Å². The van der Waals surface area contributed by atoms with Crippen molar-refractivity contribution in [1.29, 1.82) is 0 Å². The molecule has 2 aliphatic rings. The van der Waals surface area contributed by atoms with Crippen molar-refractivity contribution in [3.05, 3.63) is 12.2 Å². The first-order chi connectivity index (χ1) is 6.14. The SMILES string of the molecule is COC(=O)CC1(F)CC2C=CC1C2. The second kappa shape index (κ2) is 2.82. The Labute approximate surface area is 76.8 Å². The number of carbonyl (C=O) groups excluding carboxylic acids is 1. The predicted octanol–water partition coefficient (Wildman–Crippen LogP) is 1.85. The topological polar surface area (TPSA) is 26.3 Å². The first-order valence-corrected chi connectivity index (χ1v) is 4.58. The number of hydrogen-bond donors (Lipinski definition) is 0. The lowest BCUT2D eigenvalue weighted by Gasteiger charge is -2.25. The molecule has 0 aromatic rings. The lowest BCUT2D eigenvalue weighted by Crippen LogP contribution is -2.31. The van der Waals surface area contributed by atoms with Gasteiger partial charge in [0.05, 0.1) is 13.5 Å². The van der Waals surface area contributed by atoms with E-state index in [0.29, 0.717) is 12.3 Å². The molecule has 2 aliphatic carbocycles. The standard InChI is InChI=1S/C10H13FO2/c1-13-9(12)6-10(11)5-7-2-3-8(10)4-7/h2-3,7-8H,4-6H2,1H3. The van der Waals surface area contributed by atoms with Crippen LogP contribution in [0.3, 0.4) is 0 Å². The van der Waals surface area contributed by atoms with E-state index in [4.69, 9.17) is 0 Å². The molecule has 0 aliphatic heterocycles. The van der Waals surface area contributed by atoms with E-state index in [-0.39, 0.29) is 12.3 Å². The number of carbonyl (C=O) groups is 1. The van der Waals surface area contributed by atoms with Crippen LogP contribution in [0.4, 0.5) is 4.39 Å². The van der Waals surface area contributed by atoms with Gasteiger partial charge in [-0.2, -0.15) is 0 Å². The molecule has 0 spiro atoms. The monoisotopic (exact) mass is 184 g/mol. The summed E-state index contributed by atoms with van der Waals surface area (Å²) in [6, 6.07) is 0. The lowest BCUT2D eigenvalue weighted by atomic mass is 9.87. The van der Waals surface area contributed by atoms with Crippen LogP contribution in [0.2, 0.25) is 0 Å². The summed E-state index contributed by atoms with van der Waals surface area (Å²) >= 11 is 0. The van der Waals surface area contributed by atoms with Gasteiger partial charge in [-0.1, -0.05) is 12.2 Å². The van der Waals surface area contributed by atoms with Crippen molar-refractivity contribution in [3.63, 3.8) is 0 Å². The second-order valence-electron chi connectivity index (χ2n) is 3.98. The Morgan fingerprint density at radius 3 is 2.92 bits per heavy atom. The minimum absolute atomic E-state index is 0.0587.